The van der Waals surface area contributed by atoms with E-state index in [1.165, 1.54) is 30.6 Å². The van der Waals surface area contributed by atoms with E-state index in [4.69, 9.17) is 0 Å². The largest absolute Gasteiger partial charge is 0.369 e. The molecule has 0 saturated carbocycles. The molecule has 1 aromatic rings. The van der Waals surface area contributed by atoms with Gasteiger partial charge in [0.1, 0.15) is 0 Å². The highest BCUT2D eigenvalue weighted by molar-refractivity contribution is 5.55. The molecule has 0 spiro atoms. The van der Waals surface area contributed by atoms with Gasteiger partial charge in [0.25, 0.3) is 0 Å². The predicted octanol–water partition coefficient (Wildman–Crippen LogP) is 2.85. The van der Waals surface area contributed by atoms with Crippen molar-refractivity contribution in [2.24, 2.45) is 0 Å². The van der Waals surface area contributed by atoms with Gasteiger partial charge in [-0.3, -0.25) is 0 Å². The summed E-state index contributed by atoms with van der Waals surface area (Å²) in [7, 11) is 0. The Labute approximate surface area is 80.4 Å². The molecule has 0 amide bonds. The van der Waals surface area contributed by atoms with Gasteiger partial charge in [-0.05, 0) is 38.3 Å². The van der Waals surface area contributed by atoms with E-state index in [1.54, 1.807) is 0 Å². The normalized spacial score (nSPS) is 16.1. The zero-order valence-electron chi connectivity index (χ0n) is 8.46. The van der Waals surface area contributed by atoms with Gasteiger partial charge in [-0.25, -0.2) is 0 Å². The van der Waals surface area contributed by atoms with Crippen molar-refractivity contribution < 1.29 is 0 Å². The fraction of sp³-hybridized carbons (Fsp3) is 0.500. The Hall–Kier alpha value is -0.980. The summed E-state index contributed by atoms with van der Waals surface area (Å²) in [6.45, 7) is 5.75. The van der Waals surface area contributed by atoms with E-state index in [0.29, 0.717) is 6.04 Å². The van der Waals surface area contributed by atoms with Gasteiger partial charge in [0.15, 0.2) is 0 Å². The van der Waals surface area contributed by atoms with Crippen LogP contribution in [-0.2, 0) is 6.42 Å². The molecule has 0 aliphatic carbocycles. The van der Waals surface area contributed by atoms with Crippen molar-refractivity contribution in [1.82, 2.24) is 0 Å². The van der Waals surface area contributed by atoms with E-state index < -0.39 is 0 Å². The Balaban J connectivity index is 2.37. The number of aryl methyl sites for hydroxylation is 1. The van der Waals surface area contributed by atoms with Crippen LogP contribution in [0.15, 0.2) is 24.3 Å². The zero-order chi connectivity index (χ0) is 9.26. The second-order valence-corrected chi connectivity index (χ2v) is 4.02. The molecule has 0 fully saturated rings. The first-order valence-electron chi connectivity index (χ1n) is 5.13. The lowest BCUT2D eigenvalue weighted by Gasteiger charge is -2.34. The van der Waals surface area contributed by atoms with Crippen molar-refractivity contribution in [1.29, 1.82) is 0 Å². The van der Waals surface area contributed by atoms with Crippen LogP contribution in [0.25, 0.3) is 0 Å². The quantitative estimate of drug-likeness (QED) is 0.634. The third-order valence-electron chi connectivity index (χ3n) is 2.77. The highest BCUT2D eigenvalue weighted by Crippen LogP contribution is 2.27. The number of nitrogens with zero attached hydrogens (tertiary/aromatic N) is 1. The SMILES string of the molecule is CC(C)N1CCCc2ccccc21. The summed E-state index contributed by atoms with van der Waals surface area (Å²) in [6.07, 6.45) is 2.55. The van der Waals surface area contributed by atoms with Crippen LogP contribution in [0.3, 0.4) is 0 Å². The Morgan fingerprint density at radius 1 is 1.23 bits per heavy atom. The lowest BCUT2D eigenvalue weighted by atomic mass is 10.0. The molecule has 1 nitrogen and oxygen atoms in total. The summed E-state index contributed by atoms with van der Waals surface area (Å²) in [5, 5.41) is 0. The smallest absolute Gasteiger partial charge is 0.0401 e. The third kappa shape index (κ3) is 1.55. The van der Waals surface area contributed by atoms with Crippen molar-refractivity contribution >= 4 is 5.69 Å². The lowest BCUT2D eigenvalue weighted by molar-refractivity contribution is 0.626. The van der Waals surface area contributed by atoms with E-state index in [0.717, 1.165) is 0 Å². The van der Waals surface area contributed by atoms with Gasteiger partial charge in [0.2, 0.25) is 0 Å². The van der Waals surface area contributed by atoms with Crippen LogP contribution >= 0.6 is 0 Å². The molecule has 0 atom stereocenters. The van der Waals surface area contributed by atoms with Gasteiger partial charge < -0.3 is 4.90 Å². The maximum Gasteiger partial charge on any atom is 0.0401 e. The number of fused-ring (bicyclic) bond motifs is 1. The topological polar surface area (TPSA) is 3.24 Å². The van der Waals surface area contributed by atoms with Gasteiger partial charge >= 0.3 is 0 Å². The predicted molar refractivity (Wildman–Crippen MR) is 57.2 cm³/mol. The number of hydrogen-bond donors (Lipinski definition) is 0. The van der Waals surface area contributed by atoms with E-state index >= 15 is 0 Å². The van der Waals surface area contributed by atoms with Crippen LogP contribution in [0.4, 0.5) is 5.69 Å². The number of benzene rings is 1. The molecular weight excluding hydrogens is 158 g/mol. The standard InChI is InChI=1S/C12H17N/c1-10(2)13-9-5-7-11-6-3-4-8-12(11)13/h3-4,6,8,10H,5,7,9H2,1-2H3. The maximum absolute atomic E-state index is 2.50. The Morgan fingerprint density at radius 2 is 2.00 bits per heavy atom. The summed E-state index contributed by atoms with van der Waals surface area (Å²) in [5.41, 5.74) is 2.96. The Bertz CT molecular complexity index is 291. The monoisotopic (exact) mass is 175 g/mol. The maximum atomic E-state index is 2.50. The summed E-state index contributed by atoms with van der Waals surface area (Å²) >= 11 is 0. The van der Waals surface area contributed by atoms with Gasteiger partial charge in [0, 0.05) is 18.3 Å². The fourth-order valence-corrected chi connectivity index (χ4v) is 2.10. The average Bonchev–Trinajstić information content (AvgIpc) is 2.17. The molecule has 0 radical (unpaired) electrons. The van der Waals surface area contributed by atoms with Gasteiger partial charge in [0.05, 0.1) is 0 Å². The average molecular weight is 175 g/mol. The first-order chi connectivity index (χ1) is 6.29. The van der Waals surface area contributed by atoms with Crippen molar-refractivity contribution in [3.05, 3.63) is 29.8 Å². The van der Waals surface area contributed by atoms with Crippen LogP contribution in [0, 0.1) is 0 Å². The van der Waals surface area contributed by atoms with E-state index in [1.807, 2.05) is 0 Å². The molecule has 0 saturated heterocycles. The van der Waals surface area contributed by atoms with Crippen molar-refractivity contribution in [3.8, 4) is 0 Å². The van der Waals surface area contributed by atoms with Crippen LogP contribution in [0.5, 0.6) is 0 Å². The Kier molecular flexibility index (Phi) is 2.26. The number of hydrogen-bond acceptors (Lipinski definition) is 1. The Morgan fingerprint density at radius 3 is 2.77 bits per heavy atom. The molecule has 0 N–H and O–H groups in total. The van der Waals surface area contributed by atoms with Crippen molar-refractivity contribution in [2.45, 2.75) is 32.7 Å². The molecule has 2 rings (SSSR count). The minimum atomic E-state index is 0.626. The second-order valence-electron chi connectivity index (χ2n) is 4.02. The third-order valence-corrected chi connectivity index (χ3v) is 2.77. The molecule has 13 heavy (non-hydrogen) atoms. The molecule has 1 aliphatic rings. The summed E-state index contributed by atoms with van der Waals surface area (Å²) in [6, 6.07) is 9.40. The minimum Gasteiger partial charge on any atom is -0.369 e. The van der Waals surface area contributed by atoms with Gasteiger partial charge in [-0.2, -0.15) is 0 Å². The molecular formula is C12H17N. The molecule has 70 valence electrons. The summed E-state index contributed by atoms with van der Waals surface area (Å²) < 4.78 is 0. The zero-order valence-corrected chi connectivity index (χ0v) is 8.46. The van der Waals surface area contributed by atoms with Crippen LogP contribution in [0.1, 0.15) is 25.8 Å². The summed E-state index contributed by atoms with van der Waals surface area (Å²) in [5.74, 6) is 0. The number of rotatable bonds is 1. The minimum absolute atomic E-state index is 0.626. The first-order valence-corrected chi connectivity index (χ1v) is 5.13. The lowest BCUT2D eigenvalue weighted by Crippen LogP contribution is -2.35. The summed E-state index contributed by atoms with van der Waals surface area (Å²) in [4.78, 5) is 2.50. The molecule has 0 unspecified atom stereocenters. The molecule has 0 aromatic heterocycles. The number of para-hydroxylation sites is 1. The van der Waals surface area contributed by atoms with Gasteiger partial charge in [-0.15, -0.1) is 0 Å². The first kappa shape index (κ1) is 8.61. The molecule has 1 heterocycles. The molecule has 1 heteroatoms. The van der Waals surface area contributed by atoms with Crippen LogP contribution < -0.4 is 4.90 Å². The van der Waals surface area contributed by atoms with E-state index in [2.05, 4.69) is 43.0 Å². The van der Waals surface area contributed by atoms with Crippen LogP contribution in [0.2, 0.25) is 0 Å². The van der Waals surface area contributed by atoms with Crippen molar-refractivity contribution in [3.63, 3.8) is 0 Å². The van der Waals surface area contributed by atoms with Gasteiger partial charge in [-0.1, -0.05) is 18.2 Å². The molecule has 1 aromatic carbocycles. The number of anilines is 1. The highest BCUT2D eigenvalue weighted by Gasteiger charge is 2.17. The van der Waals surface area contributed by atoms with Crippen molar-refractivity contribution in [2.75, 3.05) is 11.4 Å². The highest BCUT2D eigenvalue weighted by atomic mass is 15.2. The van der Waals surface area contributed by atoms with E-state index in [-0.39, 0.29) is 0 Å². The molecule has 0 bridgehead atoms. The second kappa shape index (κ2) is 3.41. The van der Waals surface area contributed by atoms with E-state index in [9.17, 15) is 0 Å². The molecule has 1 aliphatic heterocycles. The van der Waals surface area contributed by atoms with Crippen LogP contribution in [-0.4, -0.2) is 12.6 Å². The fourth-order valence-electron chi connectivity index (χ4n) is 2.10.